The van der Waals surface area contributed by atoms with E-state index in [1.165, 1.54) is 24.3 Å². The van der Waals surface area contributed by atoms with Gasteiger partial charge < -0.3 is 0 Å². The molecule has 1 N–H and O–H groups in total. The van der Waals surface area contributed by atoms with Crippen LogP contribution in [-0.2, 0) is 10.0 Å². The van der Waals surface area contributed by atoms with Gasteiger partial charge in [-0.15, -0.1) is 0 Å². The van der Waals surface area contributed by atoms with Crippen LogP contribution >= 0.6 is 15.9 Å². The minimum absolute atomic E-state index is 0.0632. The van der Waals surface area contributed by atoms with E-state index in [1.807, 2.05) is 0 Å². The Morgan fingerprint density at radius 1 is 1.00 bits per heavy atom. The molecule has 0 aliphatic carbocycles. The molecule has 0 spiro atoms. The lowest BCUT2D eigenvalue weighted by atomic mass is 10.3. The van der Waals surface area contributed by atoms with Gasteiger partial charge in [0, 0.05) is 4.47 Å². The largest absolute Gasteiger partial charge is 0.277 e. The van der Waals surface area contributed by atoms with E-state index in [-0.39, 0.29) is 10.6 Å². The second-order valence-corrected chi connectivity index (χ2v) is 6.02. The molecule has 6 heteroatoms. The standard InChI is InChI=1S/C12H9BrFNO2S/c13-9-5-1-4-8-12(9)18(16,17)15-11-7-3-2-6-10(11)14/h1-8,15H. The number of hydrogen-bond donors (Lipinski definition) is 1. The number of nitrogens with one attached hydrogen (secondary N) is 1. The predicted molar refractivity (Wildman–Crippen MR) is 71.4 cm³/mol. The average molecular weight is 330 g/mol. The minimum Gasteiger partial charge on any atom is -0.277 e. The molecule has 0 aliphatic heterocycles. The molecule has 0 radical (unpaired) electrons. The molecule has 0 heterocycles. The molecule has 0 fully saturated rings. The van der Waals surface area contributed by atoms with E-state index in [9.17, 15) is 12.8 Å². The maximum absolute atomic E-state index is 13.4. The van der Waals surface area contributed by atoms with E-state index in [2.05, 4.69) is 20.7 Å². The highest BCUT2D eigenvalue weighted by Gasteiger charge is 2.18. The molecule has 0 unspecified atom stereocenters. The highest BCUT2D eigenvalue weighted by atomic mass is 79.9. The van der Waals surface area contributed by atoms with Crippen LogP contribution in [0.25, 0.3) is 0 Å². The van der Waals surface area contributed by atoms with Crippen molar-refractivity contribution in [3.05, 3.63) is 58.8 Å². The van der Waals surface area contributed by atoms with Crippen molar-refractivity contribution in [1.82, 2.24) is 0 Å². The van der Waals surface area contributed by atoms with E-state index in [4.69, 9.17) is 0 Å². The molecular formula is C12H9BrFNO2S. The van der Waals surface area contributed by atoms with Gasteiger partial charge in [0.2, 0.25) is 0 Å². The lowest BCUT2D eigenvalue weighted by Gasteiger charge is -2.09. The van der Waals surface area contributed by atoms with Gasteiger partial charge in [-0.3, -0.25) is 4.72 Å². The van der Waals surface area contributed by atoms with Gasteiger partial charge in [0.25, 0.3) is 10.0 Å². The molecule has 2 rings (SSSR count). The maximum Gasteiger partial charge on any atom is 0.263 e. The van der Waals surface area contributed by atoms with Gasteiger partial charge >= 0.3 is 0 Å². The Balaban J connectivity index is 2.40. The molecule has 0 saturated heterocycles. The first-order chi connectivity index (χ1) is 8.50. The summed E-state index contributed by atoms with van der Waals surface area (Å²) in [6.45, 7) is 0. The molecule has 2 aromatic carbocycles. The van der Waals surface area contributed by atoms with Crippen LogP contribution in [0.3, 0.4) is 0 Å². The van der Waals surface area contributed by atoms with Crippen LogP contribution < -0.4 is 4.72 Å². The monoisotopic (exact) mass is 329 g/mol. The summed E-state index contributed by atoms with van der Waals surface area (Å²) in [6.07, 6.45) is 0. The first-order valence-electron chi connectivity index (χ1n) is 5.02. The number of hydrogen-bond acceptors (Lipinski definition) is 2. The first kappa shape index (κ1) is 13.0. The molecule has 0 aliphatic rings. The maximum atomic E-state index is 13.4. The van der Waals surface area contributed by atoms with Crippen molar-refractivity contribution < 1.29 is 12.8 Å². The van der Waals surface area contributed by atoms with Gasteiger partial charge in [-0.05, 0) is 40.2 Å². The Morgan fingerprint density at radius 2 is 1.61 bits per heavy atom. The minimum atomic E-state index is -3.80. The van der Waals surface area contributed by atoms with E-state index in [0.29, 0.717) is 4.47 Å². The topological polar surface area (TPSA) is 46.2 Å². The summed E-state index contributed by atoms with van der Waals surface area (Å²) >= 11 is 3.15. The van der Waals surface area contributed by atoms with Gasteiger partial charge in [-0.2, -0.15) is 0 Å². The molecule has 0 saturated carbocycles. The van der Waals surface area contributed by atoms with Crippen LogP contribution in [0.15, 0.2) is 57.9 Å². The number of sulfonamides is 1. The van der Waals surface area contributed by atoms with Crippen molar-refractivity contribution >= 4 is 31.6 Å². The van der Waals surface area contributed by atoms with E-state index >= 15 is 0 Å². The molecule has 0 amide bonds. The van der Waals surface area contributed by atoms with Gasteiger partial charge in [0.05, 0.1) is 5.69 Å². The fourth-order valence-corrected chi connectivity index (χ4v) is 3.48. The number of halogens is 2. The first-order valence-corrected chi connectivity index (χ1v) is 7.30. The van der Waals surface area contributed by atoms with Crippen LogP contribution in [0.2, 0.25) is 0 Å². The lowest BCUT2D eigenvalue weighted by molar-refractivity contribution is 0.598. The molecule has 3 nitrogen and oxygen atoms in total. The third-order valence-electron chi connectivity index (χ3n) is 2.24. The van der Waals surface area contributed by atoms with Gasteiger partial charge in [0.1, 0.15) is 10.7 Å². The van der Waals surface area contributed by atoms with E-state index in [1.54, 1.807) is 24.3 Å². The number of benzene rings is 2. The number of anilines is 1. The number of rotatable bonds is 3. The highest BCUT2D eigenvalue weighted by molar-refractivity contribution is 9.10. The summed E-state index contributed by atoms with van der Waals surface area (Å²) in [6, 6.07) is 11.9. The fourth-order valence-electron chi connectivity index (χ4n) is 1.41. The molecular weight excluding hydrogens is 321 g/mol. The zero-order valence-corrected chi connectivity index (χ0v) is 11.5. The van der Waals surface area contributed by atoms with Crippen molar-refractivity contribution in [3.8, 4) is 0 Å². The van der Waals surface area contributed by atoms with Crippen molar-refractivity contribution in [2.45, 2.75) is 4.90 Å². The zero-order valence-electron chi connectivity index (χ0n) is 9.10. The molecule has 0 aromatic heterocycles. The van der Waals surface area contributed by atoms with Crippen molar-refractivity contribution in [2.75, 3.05) is 4.72 Å². The lowest BCUT2D eigenvalue weighted by Crippen LogP contribution is -2.14. The van der Waals surface area contributed by atoms with Crippen LogP contribution in [0.5, 0.6) is 0 Å². The Hall–Kier alpha value is -1.40. The number of para-hydroxylation sites is 1. The summed E-state index contributed by atoms with van der Waals surface area (Å²) in [5.41, 5.74) is -0.0757. The van der Waals surface area contributed by atoms with Crippen LogP contribution in [-0.4, -0.2) is 8.42 Å². The molecule has 2 aromatic rings. The third-order valence-corrected chi connectivity index (χ3v) is 4.62. The highest BCUT2D eigenvalue weighted by Crippen LogP contribution is 2.24. The summed E-state index contributed by atoms with van der Waals surface area (Å²) in [4.78, 5) is 0.0632. The fraction of sp³-hybridized carbons (Fsp3) is 0. The molecule has 94 valence electrons. The Bertz CT molecular complexity index is 673. The van der Waals surface area contributed by atoms with Gasteiger partial charge in [-0.1, -0.05) is 24.3 Å². The smallest absolute Gasteiger partial charge is 0.263 e. The molecule has 18 heavy (non-hydrogen) atoms. The second kappa shape index (κ2) is 5.07. The Kier molecular flexibility index (Phi) is 3.68. The predicted octanol–water partition coefficient (Wildman–Crippen LogP) is 3.39. The summed E-state index contributed by atoms with van der Waals surface area (Å²) in [5.74, 6) is -0.617. The van der Waals surface area contributed by atoms with E-state index < -0.39 is 15.8 Å². The van der Waals surface area contributed by atoms with Crippen LogP contribution in [0.4, 0.5) is 10.1 Å². The average Bonchev–Trinajstić information content (AvgIpc) is 2.32. The zero-order chi connectivity index (χ0) is 13.2. The second-order valence-electron chi connectivity index (χ2n) is 3.52. The molecule has 0 atom stereocenters. The Morgan fingerprint density at radius 3 is 2.28 bits per heavy atom. The van der Waals surface area contributed by atoms with Crippen molar-refractivity contribution in [1.29, 1.82) is 0 Å². The molecule has 0 bridgehead atoms. The third kappa shape index (κ3) is 2.70. The summed E-state index contributed by atoms with van der Waals surface area (Å²) in [5, 5.41) is 0. The van der Waals surface area contributed by atoms with Crippen LogP contribution in [0.1, 0.15) is 0 Å². The van der Waals surface area contributed by atoms with Crippen molar-refractivity contribution in [3.63, 3.8) is 0 Å². The van der Waals surface area contributed by atoms with Crippen LogP contribution in [0, 0.1) is 5.82 Å². The van der Waals surface area contributed by atoms with E-state index in [0.717, 1.165) is 0 Å². The SMILES string of the molecule is O=S(=O)(Nc1ccccc1F)c1ccccc1Br. The van der Waals surface area contributed by atoms with Crippen molar-refractivity contribution in [2.24, 2.45) is 0 Å². The quantitative estimate of drug-likeness (QED) is 0.938. The normalized spacial score (nSPS) is 11.2. The summed E-state index contributed by atoms with van der Waals surface area (Å²) < 4.78 is 40.2. The summed E-state index contributed by atoms with van der Waals surface area (Å²) in [7, 11) is -3.80. The van der Waals surface area contributed by atoms with Gasteiger partial charge in [-0.25, -0.2) is 12.8 Å². The Labute approximate surface area is 113 Å². The van der Waals surface area contributed by atoms with Gasteiger partial charge in [0.15, 0.2) is 0 Å².